The minimum atomic E-state index is -0.585. The molecule has 2 aromatic carbocycles. The Morgan fingerprint density at radius 3 is 2.79 bits per heavy atom. The Hall–Kier alpha value is -2.59. The van der Waals surface area contributed by atoms with Crippen LogP contribution in [0.5, 0.6) is 0 Å². The van der Waals surface area contributed by atoms with Crippen molar-refractivity contribution in [2.45, 2.75) is 32.4 Å². The van der Waals surface area contributed by atoms with Crippen molar-refractivity contribution in [2.75, 3.05) is 0 Å². The zero-order chi connectivity index (χ0) is 16.8. The van der Waals surface area contributed by atoms with Gasteiger partial charge >= 0.3 is 0 Å². The molecule has 0 saturated carbocycles. The Labute approximate surface area is 140 Å². The molecule has 0 aliphatic heterocycles. The number of rotatable bonds is 2. The van der Waals surface area contributed by atoms with Gasteiger partial charge in [-0.2, -0.15) is 0 Å². The van der Waals surface area contributed by atoms with Crippen molar-refractivity contribution < 1.29 is 9.90 Å². The van der Waals surface area contributed by atoms with E-state index >= 15 is 0 Å². The number of carbonyl (C=O) groups is 1. The molecule has 0 spiro atoms. The number of aryl methyl sites for hydroxylation is 2. The zero-order valence-corrected chi connectivity index (χ0v) is 13.8. The Kier molecular flexibility index (Phi) is 3.43. The number of carbonyl (C=O) groups excluding carboxylic acids is 1. The van der Waals surface area contributed by atoms with E-state index in [2.05, 4.69) is 10.3 Å². The minimum absolute atomic E-state index is 0.164. The van der Waals surface area contributed by atoms with Gasteiger partial charge in [0.1, 0.15) is 0 Å². The number of aliphatic hydroxyl groups is 1. The lowest BCUT2D eigenvalue weighted by Crippen LogP contribution is -2.34. The molecule has 3 aromatic rings. The largest absolute Gasteiger partial charge is 0.390 e. The molecule has 0 radical (unpaired) electrons. The second kappa shape index (κ2) is 5.49. The standard InChI is InChI=1S/C20H20N2O2/c1-11-12(2)21-18-14(11)8-5-9-16(18)20(24)22-19-15-7-4-3-6-13(15)10-17(19)23/h3-9,17,19,21,23H,10H2,1-2H3,(H,22,24)/t17-,19+/m1/s1. The van der Waals surface area contributed by atoms with Crippen LogP contribution in [0.15, 0.2) is 42.5 Å². The molecule has 0 bridgehead atoms. The molecule has 0 fully saturated rings. The molecule has 4 nitrogen and oxygen atoms in total. The van der Waals surface area contributed by atoms with E-state index < -0.39 is 6.10 Å². The molecule has 122 valence electrons. The quantitative estimate of drug-likeness (QED) is 0.679. The molecule has 2 atom stereocenters. The summed E-state index contributed by atoms with van der Waals surface area (Å²) in [6.07, 6.45) is -0.0101. The van der Waals surface area contributed by atoms with E-state index in [4.69, 9.17) is 0 Å². The summed E-state index contributed by atoms with van der Waals surface area (Å²) in [5.74, 6) is -0.164. The first kappa shape index (κ1) is 15.0. The van der Waals surface area contributed by atoms with Crippen molar-refractivity contribution in [1.82, 2.24) is 10.3 Å². The number of amides is 1. The maximum atomic E-state index is 12.8. The summed E-state index contributed by atoms with van der Waals surface area (Å²) in [5.41, 5.74) is 5.79. The molecule has 4 rings (SSSR count). The predicted molar refractivity (Wildman–Crippen MR) is 94.1 cm³/mol. The molecule has 1 amide bonds. The molecule has 1 aliphatic carbocycles. The van der Waals surface area contributed by atoms with E-state index in [1.807, 2.05) is 56.3 Å². The molecule has 0 unspecified atom stereocenters. The van der Waals surface area contributed by atoms with E-state index in [9.17, 15) is 9.90 Å². The van der Waals surface area contributed by atoms with Gasteiger partial charge < -0.3 is 15.4 Å². The third kappa shape index (κ3) is 2.22. The third-order valence-electron chi connectivity index (χ3n) is 5.08. The van der Waals surface area contributed by atoms with Crippen LogP contribution in [0.3, 0.4) is 0 Å². The highest BCUT2D eigenvalue weighted by Crippen LogP contribution is 2.32. The lowest BCUT2D eigenvalue weighted by atomic mass is 10.1. The molecular formula is C20H20N2O2. The highest BCUT2D eigenvalue weighted by molar-refractivity contribution is 6.06. The minimum Gasteiger partial charge on any atom is -0.390 e. The van der Waals surface area contributed by atoms with Crippen LogP contribution in [-0.4, -0.2) is 22.1 Å². The number of fused-ring (bicyclic) bond motifs is 2. The lowest BCUT2D eigenvalue weighted by Gasteiger charge is -2.18. The number of hydrogen-bond donors (Lipinski definition) is 3. The number of hydrogen-bond acceptors (Lipinski definition) is 2. The van der Waals surface area contributed by atoms with Gasteiger partial charge in [-0.1, -0.05) is 36.4 Å². The van der Waals surface area contributed by atoms with Crippen molar-refractivity contribution in [3.05, 3.63) is 70.4 Å². The van der Waals surface area contributed by atoms with Crippen LogP contribution in [0.1, 0.15) is 38.8 Å². The van der Waals surface area contributed by atoms with Crippen molar-refractivity contribution >= 4 is 16.8 Å². The van der Waals surface area contributed by atoms with Crippen LogP contribution in [-0.2, 0) is 6.42 Å². The summed E-state index contributed by atoms with van der Waals surface area (Å²) in [5, 5.41) is 14.4. The van der Waals surface area contributed by atoms with Crippen LogP contribution in [0, 0.1) is 13.8 Å². The van der Waals surface area contributed by atoms with Gasteiger partial charge in [0.25, 0.3) is 5.91 Å². The molecule has 4 heteroatoms. The first-order valence-corrected chi connectivity index (χ1v) is 8.21. The normalized spacial score (nSPS) is 19.5. The summed E-state index contributed by atoms with van der Waals surface area (Å²) in [6, 6.07) is 13.3. The first-order chi connectivity index (χ1) is 11.6. The van der Waals surface area contributed by atoms with Crippen LogP contribution in [0.2, 0.25) is 0 Å². The number of aliphatic hydroxyl groups excluding tert-OH is 1. The Bertz CT molecular complexity index is 942. The van der Waals surface area contributed by atoms with Gasteiger partial charge in [0.2, 0.25) is 0 Å². The molecule has 1 aliphatic rings. The molecule has 1 heterocycles. The fourth-order valence-corrected chi connectivity index (χ4v) is 3.64. The fourth-order valence-electron chi connectivity index (χ4n) is 3.64. The van der Waals surface area contributed by atoms with Gasteiger partial charge in [0.15, 0.2) is 0 Å². The monoisotopic (exact) mass is 320 g/mol. The van der Waals surface area contributed by atoms with Crippen LogP contribution in [0.4, 0.5) is 0 Å². The fraction of sp³-hybridized carbons (Fsp3) is 0.250. The topological polar surface area (TPSA) is 65.1 Å². The van der Waals surface area contributed by atoms with Crippen LogP contribution < -0.4 is 5.32 Å². The van der Waals surface area contributed by atoms with Crippen molar-refractivity contribution in [2.24, 2.45) is 0 Å². The Morgan fingerprint density at radius 1 is 1.17 bits per heavy atom. The summed E-state index contributed by atoms with van der Waals surface area (Å²) in [4.78, 5) is 16.2. The second-order valence-electron chi connectivity index (χ2n) is 6.52. The van der Waals surface area contributed by atoms with Crippen LogP contribution in [0.25, 0.3) is 10.9 Å². The molecule has 3 N–H and O–H groups in total. The van der Waals surface area contributed by atoms with Crippen molar-refractivity contribution in [3.8, 4) is 0 Å². The van der Waals surface area contributed by atoms with Gasteiger partial charge in [0.05, 0.1) is 23.2 Å². The van der Waals surface area contributed by atoms with Gasteiger partial charge in [-0.3, -0.25) is 4.79 Å². The number of para-hydroxylation sites is 1. The summed E-state index contributed by atoms with van der Waals surface area (Å²) in [6.45, 7) is 4.06. The van der Waals surface area contributed by atoms with Gasteiger partial charge in [-0.25, -0.2) is 0 Å². The van der Waals surface area contributed by atoms with Crippen molar-refractivity contribution in [1.29, 1.82) is 0 Å². The molecule has 1 aromatic heterocycles. The SMILES string of the molecule is Cc1[nH]c2c(C(=O)N[C@H]3c4ccccc4C[C@H]3O)cccc2c1C. The second-order valence-corrected chi connectivity index (χ2v) is 6.52. The summed E-state index contributed by atoms with van der Waals surface area (Å²) < 4.78 is 0. The molecular weight excluding hydrogens is 300 g/mol. The number of aromatic amines is 1. The maximum absolute atomic E-state index is 12.8. The number of aromatic nitrogens is 1. The average Bonchev–Trinajstić information content (AvgIpc) is 3.05. The Balaban J connectivity index is 1.70. The van der Waals surface area contributed by atoms with Gasteiger partial charge in [0, 0.05) is 17.5 Å². The predicted octanol–water partition coefficient (Wildman–Crippen LogP) is 3.17. The van der Waals surface area contributed by atoms with Crippen LogP contribution >= 0.6 is 0 Å². The highest BCUT2D eigenvalue weighted by Gasteiger charge is 2.32. The maximum Gasteiger partial charge on any atom is 0.253 e. The molecule has 24 heavy (non-hydrogen) atoms. The van der Waals surface area contributed by atoms with E-state index in [0.717, 1.165) is 33.3 Å². The average molecular weight is 320 g/mol. The van der Waals surface area contributed by atoms with Gasteiger partial charge in [-0.15, -0.1) is 0 Å². The smallest absolute Gasteiger partial charge is 0.253 e. The Morgan fingerprint density at radius 2 is 1.96 bits per heavy atom. The van der Waals surface area contributed by atoms with E-state index in [-0.39, 0.29) is 11.9 Å². The first-order valence-electron chi connectivity index (χ1n) is 8.21. The van der Waals surface area contributed by atoms with E-state index in [0.29, 0.717) is 12.0 Å². The van der Waals surface area contributed by atoms with E-state index in [1.54, 1.807) is 0 Å². The number of H-pyrrole nitrogens is 1. The van der Waals surface area contributed by atoms with Crippen molar-refractivity contribution in [3.63, 3.8) is 0 Å². The number of nitrogens with one attached hydrogen (secondary N) is 2. The molecule has 0 saturated heterocycles. The summed E-state index contributed by atoms with van der Waals surface area (Å²) in [7, 11) is 0. The third-order valence-corrected chi connectivity index (χ3v) is 5.08. The van der Waals surface area contributed by atoms with Gasteiger partial charge in [-0.05, 0) is 36.6 Å². The zero-order valence-electron chi connectivity index (χ0n) is 13.8. The number of benzene rings is 2. The van der Waals surface area contributed by atoms with E-state index in [1.165, 1.54) is 0 Å². The lowest BCUT2D eigenvalue weighted by molar-refractivity contribution is 0.0859. The highest BCUT2D eigenvalue weighted by atomic mass is 16.3. The summed E-state index contributed by atoms with van der Waals surface area (Å²) >= 11 is 0.